The van der Waals surface area contributed by atoms with Crippen LogP contribution in [0.1, 0.15) is 51.9 Å². The Labute approximate surface area is 81.8 Å². The topological polar surface area (TPSA) is 35.2 Å². The van der Waals surface area contributed by atoms with Crippen LogP contribution in [0, 0.1) is 5.92 Å². The van der Waals surface area contributed by atoms with Crippen molar-refractivity contribution in [2.24, 2.45) is 11.7 Å². The molecule has 0 saturated heterocycles. The van der Waals surface area contributed by atoms with Crippen LogP contribution in [-0.4, -0.2) is 12.8 Å². The standard InChI is InChI=1S/C11H23NO/c1-2-11(12)13-9-8-10-6-4-3-5-7-10/h10-11H,2-9,12H2,1H3. The summed E-state index contributed by atoms with van der Waals surface area (Å²) in [5.41, 5.74) is 5.67. The van der Waals surface area contributed by atoms with Crippen LogP contribution in [0.25, 0.3) is 0 Å². The Morgan fingerprint density at radius 2 is 2.00 bits per heavy atom. The minimum Gasteiger partial charge on any atom is -0.364 e. The quantitative estimate of drug-likeness (QED) is 0.668. The van der Waals surface area contributed by atoms with E-state index in [9.17, 15) is 0 Å². The Bertz CT molecular complexity index is 121. The summed E-state index contributed by atoms with van der Waals surface area (Å²) in [5.74, 6) is 0.915. The zero-order valence-electron chi connectivity index (χ0n) is 8.80. The van der Waals surface area contributed by atoms with Crippen LogP contribution < -0.4 is 5.73 Å². The first-order chi connectivity index (χ1) is 6.33. The maximum Gasteiger partial charge on any atom is 0.105 e. The van der Waals surface area contributed by atoms with Gasteiger partial charge in [-0.25, -0.2) is 0 Å². The third kappa shape index (κ3) is 4.63. The highest BCUT2D eigenvalue weighted by Crippen LogP contribution is 2.26. The van der Waals surface area contributed by atoms with E-state index in [-0.39, 0.29) is 6.23 Å². The molecule has 2 nitrogen and oxygen atoms in total. The monoisotopic (exact) mass is 185 g/mol. The molecule has 13 heavy (non-hydrogen) atoms. The lowest BCUT2D eigenvalue weighted by atomic mass is 9.87. The fourth-order valence-electron chi connectivity index (χ4n) is 1.98. The van der Waals surface area contributed by atoms with Gasteiger partial charge in [0.2, 0.25) is 0 Å². The maximum atomic E-state index is 5.67. The van der Waals surface area contributed by atoms with Crippen molar-refractivity contribution in [2.75, 3.05) is 6.61 Å². The number of rotatable bonds is 5. The van der Waals surface area contributed by atoms with E-state index in [1.807, 2.05) is 0 Å². The number of nitrogens with two attached hydrogens (primary N) is 1. The summed E-state index contributed by atoms with van der Waals surface area (Å²) >= 11 is 0. The third-order valence-corrected chi connectivity index (χ3v) is 2.99. The average molecular weight is 185 g/mol. The van der Waals surface area contributed by atoms with E-state index in [2.05, 4.69) is 6.92 Å². The smallest absolute Gasteiger partial charge is 0.105 e. The van der Waals surface area contributed by atoms with Gasteiger partial charge in [-0.1, -0.05) is 39.0 Å². The molecule has 0 bridgehead atoms. The van der Waals surface area contributed by atoms with Crippen molar-refractivity contribution in [3.8, 4) is 0 Å². The predicted octanol–water partition coefficient (Wildman–Crippen LogP) is 2.67. The van der Waals surface area contributed by atoms with Gasteiger partial charge in [0.25, 0.3) is 0 Å². The molecule has 0 amide bonds. The second kappa shape index (κ2) is 6.39. The van der Waals surface area contributed by atoms with Gasteiger partial charge in [0.1, 0.15) is 6.23 Å². The minimum absolute atomic E-state index is 0.0383. The van der Waals surface area contributed by atoms with Crippen molar-refractivity contribution in [1.82, 2.24) is 0 Å². The van der Waals surface area contributed by atoms with Crippen LogP contribution >= 0.6 is 0 Å². The van der Waals surface area contributed by atoms with Gasteiger partial charge in [-0.3, -0.25) is 0 Å². The molecule has 1 aliphatic rings. The van der Waals surface area contributed by atoms with Crippen LogP contribution in [0.15, 0.2) is 0 Å². The van der Waals surface area contributed by atoms with E-state index in [0.717, 1.165) is 18.9 Å². The first kappa shape index (κ1) is 11.0. The average Bonchev–Trinajstić information content (AvgIpc) is 2.19. The van der Waals surface area contributed by atoms with E-state index in [4.69, 9.17) is 10.5 Å². The van der Waals surface area contributed by atoms with Crippen LogP contribution in [0.5, 0.6) is 0 Å². The van der Waals surface area contributed by atoms with Gasteiger partial charge < -0.3 is 10.5 Å². The Morgan fingerprint density at radius 1 is 1.31 bits per heavy atom. The summed E-state index contributed by atoms with van der Waals surface area (Å²) in [6, 6.07) is 0. The predicted molar refractivity (Wildman–Crippen MR) is 55.4 cm³/mol. The molecule has 0 aromatic rings. The number of ether oxygens (including phenoxy) is 1. The summed E-state index contributed by atoms with van der Waals surface area (Å²) in [7, 11) is 0. The fraction of sp³-hybridized carbons (Fsp3) is 1.00. The molecule has 0 radical (unpaired) electrons. The van der Waals surface area contributed by atoms with Crippen molar-refractivity contribution < 1.29 is 4.74 Å². The van der Waals surface area contributed by atoms with Crippen molar-refractivity contribution in [1.29, 1.82) is 0 Å². The molecule has 1 saturated carbocycles. The first-order valence-corrected chi connectivity index (χ1v) is 5.70. The second-order valence-electron chi connectivity index (χ2n) is 4.11. The van der Waals surface area contributed by atoms with Crippen LogP contribution in [0.4, 0.5) is 0 Å². The van der Waals surface area contributed by atoms with Gasteiger partial charge in [-0.05, 0) is 18.8 Å². The van der Waals surface area contributed by atoms with Crippen molar-refractivity contribution in [3.63, 3.8) is 0 Å². The molecule has 0 aromatic carbocycles. The van der Waals surface area contributed by atoms with Crippen LogP contribution in [0.2, 0.25) is 0 Å². The summed E-state index contributed by atoms with van der Waals surface area (Å²) in [4.78, 5) is 0. The molecule has 2 N–H and O–H groups in total. The fourth-order valence-corrected chi connectivity index (χ4v) is 1.98. The molecule has 0 aliphatic heterocycles. The SMILES string of the molecule is CCC(N)OCCC1CCCCC1. The molecule has 0 heterocycles. The molecular formula is C11H23NO. The van der Waals surface area contributed by atoms with Gasteiger partial charge in [-0.15, -0.1) is 0 Å². The van der Waals surface area contributed by atoms with Crippen LogP contribution in [-0.2, 0) is 4.74 Å². The third-order valence-electron chi connectivity index (χ3n) is 2.99. The van der Waals surface area contributed by atoms with E-state index < -0.39 is 0 Å². The van der Waals surface area contributed by atoms with E-state index in [1.165, 1.54) is 38.5 Å². The van der Waals surface area contributed by atoms with Gasteiger partial charge in [-0.2, -0.15) is 0 Å². The number of hydrogen-bond acceptors (Lipinski definition) is 2. The molecule has 1 aliphatic carbocycles. The molecule has 78 valence electrons. The molecule has 0 aromatic heterocycles. The Morgan fingerprint density at radius 3 is 2.62 bits per heavy atom. The van der Waals surface area contributed by atoms with Crippen molar-refractivity contribution in [2.45, 2.75) is 58.1 Å². The molecule has 1 unspecified atom stereocenters. The largest absolute Gasteiger partial charge is 0.364 e. The molecule has 1 fully saturated rings. The van der Waals surface area contributed by atoms with E-state index >= 15 is 0 Å². The minimum atomic E-state index is -0.0383. The van der Waals surface area contributed by atoms with Crippen LogP contribution in [0.3, 0.4) is 0 Å². The van der Waals surface area contributed by atoms with Gasteiger partial charge in [0.05, 0.1) is 0 Å². The highest BCUT2D eigenvalue weighted by molar-refractivity contribution is 4.65. The van der Waals surface area contributed by atoms with E-state index in [0.29, 0.717) is 0 Å². The molecule has 1 rings (SSSR count). The van der Waals surface area contributed by atoms with Gasteiger partial charge in [0.15, 0.2) is 0 Å². The van der Waals surface area contributed by atoms with Gasteiger partial charge in [0, 0.05) is 6.61 Å². The molecule has 2 heteroatoms. The lowest BCUT2D eigenvalue weighted by molar-refractivity contribution is 0.0435. The maximum absolute atomic E-state index is 5.67. The Balaban J connectivity index is 1.98. The summed E-state index contributed by atoms with van der Waals surface area (Å²) in [6.45, 7) is 2.92. The molecular weight excluding hydrogens is 162 g/mol. The summed E-state index contributed by atoms with van der Waals surface area (Å²) < 4.78 is 5.47. The Hall–Kier alpha value is -0.0800. The van der Waals surface area contributed by atoms with Crippen molar-refractivity contribution >= 4 is 0 Å². The normalized spacial score (nSPS) is 21.7. The summed E-state index contributed by atoms with van der Waals surface area (Å²) in [6.07, 6.45) is 9.19. The zero-order valence-corrected chi connectivity index (χ0v) is 8.80. The molecule has 0 spiro atoms. The highest BCUT2D eigenvalue weighted by atomic mass is 16.5. The molecule has 1 atom stereocenters. The second-order valence-corrected chi connectivity index (χ2v) is 4.11. The van der Waals surface area contributed by atoms with Crippen molar-refractivity contribution in [3.05, 3.63) is 0 Å². The zero-order chi connectivity index (χ0) is 9.52. The Kier molecular flexibility index (Phi) is 5.40. The lowest BCUT2D eigenvalue weighted by Crippen LogP contribution is -2.24. The van der Waals surface area contributed by atoms with E-state index in [1.54, 1.807) is 0 Å². The lowest BCUT2D eigenvalue weighted by Gasteiger charge is -2.22. The number of hydrogen-bond donors (Lipinski definition) is 1. The van der Waals surface area contributed by atoms with Gasteiger partial charge >= 0.3 is 0 Å². The first-order valence-electron chi connectivity index (χ1n) is 5.70. The highest BCUT2D eigenvalue weighted by Gasteiger charge is 2.13. The summed E-state index contributed by atoms with van der Waals surface area (Å²) in [5, 5.41) is 0.